The average Bonchev–Trinajstić information content (AvgIpc) is 3.43. The van der Waals surface area contributed by atoms with Crippen molar-refractivity contribution < 1.29 is 14.1 Å². The topological polar surface area (TPSA) is 51.2 Å². The van der Waals surface area contributed by atoms with Gasteiger partial charge in [0.05, 0.1) is 18.2 Å². The van der Waals surface area contributed by atoms with Crippen LogP contribution in [-0.2, 0) is 16.9 Å². The number of hydrogen-bond donors (Lipinski definition) is 0. The SMILES string of the molecule is O=C(c1ccc(-n2c[n+](C3CC3)cn2)cc1)N1CCC2(CC1)OCc1ccccc12. The fourth-order valence-electron chi connectivity index (χ4n) is 4.80. The van der Waals surface area contributed by atoms with Gasteiger partial charge in [-0.25, -0.2) is 4.57 Å². The summed E-state index contributed by atoms with van der Waals surface area (Å²) in [7, 11) is 0. The minimum absolute atomic E-state index is 0.0937. The maximum Gasteiger partial charge on any atom is 0.265 e. The lowest BCUT2D eigenvalue weighted by Crippen LogP contribution is -2.45. The van der Waals surface area contributed by atoms with Crippen LogP contribution in [0.4, 0.5) is 0 Å². The van der Waals surface area contributed by atoms with Gasteiger partial charge in [-0.3, -0.25) is 4.79 Å². The number of benzene rings is 2. The number of ether oxygens (including phenoxy) is 1. The van der Waals surface area contributed by atoms with Crippen LogP contribution in [0.2, 0.25) is 0 Å². The van der Waals surface area contributed by atoms with Crippen molar-refractivity contribution in [1.29, 1.82) is 0 Å². The number of carbonyl (C=O) groups is 1. The van der Waals surface area contributed by atoms with E-state index in [0.29, 0.717) is 12.6 Å². The molecule has 1 spiro atoms. The second-order valence-electron chi connectivity index (χ2n) is 8.65. The van der Waals surface area contributed by atoms with E-state index < -0.39 is 0 Å². The van der Waals surface area contributed by atoms with Gasteiger partial charge in [-0.05, 0) is 61.1 Å². The first kappa shape index (κ1) is 17.8. The van der Waals surface area contributed by atoms with E-state index >= 15 is 0 Å². The van der Waals surface area contributed by atoms with Crippen molar-refractivity contribution in [3.05, 3.63) is 77.9 Å². The third-order valence-corrected chi connectivity index (χ3v) is 6.77. The molecule has 1 saturated carbocycles. The summed E-state index contributed by atoms with van der Waals surface area (Å²) < 4.78 is 10.2. The molecule has 2 aliphatic heterocycles. The van der Waals surface area contributed by atoms with E-state index in [9.17, 15) is 4.79 Å². The van der Waals surface area contributed by atoms with Crippen LogP contribution in [-0.4, -0.2) is 33.7 Å². The van der Waals surface area contributed by atoms with Crippen molar-refractivity contribution in [2.75, 3.05) is 13.1 Å². The van der Waals surface area contributed by atoms with Crippen LogP contribution in [0.3, 0.4) is 0 Å². The molecule has 0 atom stereocenters. The molecule has 0 N–H and O–H groups in total. The Morgan fingerprint density at radius 2 is 1.83 bits per heavy atom. The standard InChI is InChI=1S/C24H25N4O2/c29-23(18-5-7-21(8-6-18)28-17-27(16-25-28)20-9-10-20)26-13-11-24(12-14-26)22-4-2-1-3-19(22)15-30-24/h1-8,16-17,20H,9-15H2/q+1. The van der Waals surface area contributed by atoms with Crippen LogP contribution in [0.5, 0.6) is 0 Å². The smallest absolute Gasteiger partial charge is 0.265 e. The number of rotatable bonds is 3. The highest BCUT2D eigenvalue weighted by Gasteiger charge is 2.43. The predicted octanol–water partition coefficient (Wildman–Crippen LogP) is 3.16. The molecular formula is C24H25N4O2+. The van der Waals surface area contributed by atoms with Crippen molar-refractivity contribution in [3.8, 4) is 5.69 Å². The first-order valence-electron chi connectivity index (χ1n) is 10.8. The quantitative estimate of drug-likeness (QED) is 0.634. The van der Waals surface area contributed by atoms with Gasteiger partial charge in [0.2, 0.25) is 6.33 Å². The number of likely N-dealkylation sites (tertiary alicyclic amines) is 1. The molecule has 1 aliphatic carbocycles. The molecule has 6 rings (SSSR count). The second-order valence-corrected chi connectivity index (χ2v) is 8.65. The Hall–Kier alpha value is -2.99. The molecule has 1 amide bonds. The van der Waals surface area contributed by atoms with Gasteiger partial charge in [-0.1, -0.05) is 28.9 Å². The molecule has 1 aromatic heterocycles. The molecule has 6 heteroatoms. The van der Waals surface area contributed by atoms with Crippen LogP contribution in [0.15, 0.2) is 61.2 Å². The summed E-state index contributed by atoms with van der Waals surface area (Å²) in [6, 6.07) is 16.9. The Balaban J connectivity index is 1.14. The van der Waals surface area contributed by atoms with E-state index in [-0.39, 0.29) is 11.5 Å². The minimum Gasteiger partial charge on any atom is -0.365 e. The fourth-order valence-corrected chi connectivity index (χ4v) is 4.80. The van der Waals surface area contributed by atoms with Crippen LogP contribution in [0, 0.1) is 0 Å². The highest BCUT2D eigenvalue weighted by molar-refractivity contribution is 5.94. The van der Waals surface area contributed by atoms with Gasteiger partial charge in [0.1, 0.15) is 5.69 Å². The number of hydrogen-bond acceptors (Lipinski definition) is 3. The van der Waals surface area contributed by atoms with E-state index in [1.54, 1.807) is 0 Å². The van der Waals surface area contributed by atoms with Gasteiger partial charge < -0.3 is 9.64 Å². The Kier molecular flexibility index (Phi) is 4.03. The van der Waals surface area contributed by atoms with Gasteiger partial charge in [0.25, 0.3) is 12.2 Å². The monoisotopic (exact) mass is 401 g/mol. The zero-order valence-corrected chi connectivity index (χ0v) is 16.9. The van der Waals surface area contributed by atoms with E-state index in [4.69, 9.17) is 4.74 Å². The van der Waals surface area contributed by atoms with Gasteiger partial charge in [0, 0.05) is 23.8 Å². The molecule has 0 radical (unpaired) electrons. The summed E-state index contributed by atoms with van der Waals surface area (Å²) in [5, 5.41) is 4.44. The number of piperidine rings is 1. The molecule has 1 saturated heterocycles. The van der Waals surface area contributed by atoms with Gasteiger partial charge >= 0.3 is 0 Å². The van der Waals surface area contributed by atoms with Crippen molar-refractivity contribution >= 4 is 5.91 Å². The van der Waals surface area contributed by atoms with Crippen molar-refractivity contribution in [2.45, 2.75) is 43.9 Å². The highest BCUT2D eigenvalue weighted by Crippen LogP contribution is 2.44. The first-order chi connectivity index (χ1) is 14.7. The number of aromatic nitrogens is 3. The third-order valence-electron chi connectivity index (χ3n) is 6.77. The number of amides is 1. The van der Waals surface area contributed by atoms with Crippen molar-refractivity contribution in [3.63, 3.8) is 0 Å². The highest BCUT2D eigenvalue weighted by atomic mass is 16.5. The summed E-state index contributed by atoms with van der Waals surface area (Å²) in [5.74, 6) is 0.0937. The van der Waals surface area contributed by atoms with Gasteiger partial charge in [0.15, 0.2) is 0 Å². The zero-order chi connectivity index (χ0) is 20.1. The molecule has 0 unspecified atom stereocenters. The molecule has 3 aromatic rings. The Morgan fingerprint density at radius 3 is 2.60 bits per heavy atom. The normalized spacial score (nSPS) is 19.8. The molecule has 2 fully saturated rings. The molecule has 2 aromatic carbocycles. The molecule has 3 aliphatic rings. The summed E-state index contributed by atoms with van der Waals surface area (Å²) in [4.78, 5) is 15.0. The third kappa shape index (κ3) is 2.94. The molecule has 0 bridgehead atoms. The van der Waals surface area contributed by atoms with Crippen LogP contribution in [0.25, 0.3) is 5.69 Å². The van der Waals surface area contributed by atoms with Gasteiger partial charge in [-0.15, -0.1) is 0 Å². The second kappa shape index (κ2) is 6.77. The number of nitrogens with zero attached hydrogens (tertiary/aromatic N) is 4. The zero-order valence-electron chi connectivity index (χ0n) is 16.9. The molecule has 30 heavy (non-hydrogen) atoms. The Labute approximate surface area is 175 Å². The predicted molar refractivity (Wildman–Crippen MR) is 110 cm³/mol. The average molecular weight is 401 g/mol. The van der Waals surface area contributed by atoms with E-state index in [1.807, 2.05) is 46.5 Å². The summed E-state index contributed by atoms with van der Waals surface area (Å²) >= 11 is 0. The maximum absolute atomic E-state index is 13.1. The summed E-state index contributed by atoms with van der Waals surface area (Å²) in [6.07, 6.45) is 8.07. The lowest BCUT2D eigenvalue weighted by Gasteiger charge is -2.39. The number of carbonyl (C=O) groups excluding carboxylic acids is 1. The Bertz CT molecular complexity index is 1090. The molecular weight excluding hydrogens is 376 g/mol. The lowest BCUT2D eigenvalue weighted by atomic mass is 9.83. The molecule has 152 valence electrons. The maximum atomic E-state index is 13.1. The molecule has 6 nitrogen and oxygen atoms in total. The Morgan fingerprint density at radius 1 is 1.07 bits per heavy atom. The van der Waals surface area contributed by atoms with Crippen LogP contribution in [0.1, 0.15) is 53.2 Å². The fraction of sp³-hybridized carbons (Fsp3) is 0.375. The number of fused-ring (bicyclic) bond motifs is 2. The molecule has 3 heterocycles. The largest absolute Gasteiger partial charge is 0.365 e. The van der Waals surface area contributed by atoms with E-state index in [0.717, 1.165) is 37.2 Å². The first-order valence-corrected chi connectivity index (χ1v) is 10.8. The minimum atomic E-state index is -0.214. The summed E-state index contributed by atoms with van der Waals surface area (Å²) in [6.45, 7) is 2.12. The van der Waals surface area contributed by atoms with Crippen molar-refractivity contribution in [1.82, 2.24) is 14.7 Å². The van der Waals surface area contributed by atoms with Crippen molar-refractivity contribution in [2.24, 2.45) is 0 Å². The van der Waals surface area contributed by atoms with Crippen LogP contribution < -0.4 is 4.57 Å². The van der Waals surface area contributed by atoms with E-state index in [1.165, 1.54) is 24.0 Å². The van der Waals surface area contributed by atoms with Gasteiger partial charge in [-0.2, -0.15) is 0 Å². The van der Waals surface area contributed by atoms with E-state index in [2.05, 4.69) is 33.9 Å². The lowest BCUT2D eigenvalue weighted by molar-refractivity contribution is -0.701. The summed E-state index contributed by atoms with van der Waals surface area (Å²) in [5.41, 5.74) is 4.08. The van der Waals surface area contributed by atoms with Crippen LogP contribution >= 0.6 is 0 Å².